The fraction of sp³-hybridized carbons (Fsp3) is 0.0952. The fourth-order valence-corrected chi connectivity index (χ4v) is 3.73. The van der Waals surface area contributed by atoms with E-state index in [0.29, 0.717) is 0 Å². The van der Waals surface area contributed by atoms with Crippen LogP contribution in [0.1, 0.15) is 16.7 Å². The highest BCUT2D eigenvalue weighted by Crippen LogP contribution is 2.54. The van der Waals surface area contributed by atoms with E-state index in [-0.39, 0.29) is 13.2 Å². The fourth-order valence-electron chi connectivity index (χ4n) is 2.31. The Bertz CT molecular complexity index is 757. The summed E-state index contributed by atoms with van der Waals surface area (Å²) in [4.78, 5) is 0. The van der Waals surface area contributed by atoms with Crippen molar-refractivity contribution in [1.82, 2.24) is 0 Å². The third-order valence-electron chi connectivity index (χ3n) is 3.61. The van der Waals surface area contributed by atoms with E-state index in [1.54, 1.807) is 6.16 Å². The summed E-state index contributed by atoms with van der Waals surface area (Å²) in [5.74, 6) is 0. The predicted molar refractivity (Wildman–Crippen MR) is 99.9 cm³/mol. The van der Waals surface area contributed by atoms with E-state index in [0.717, 1.165) is 16.7 Å². The minimum atomic E-state index is -3.40. The molecular weight excluding hydrogens is 331 g/mol. The Morgan fingerprint density at radius 1 is 0.640 bits per heavy atom. The van der Waals surface area contributed by atoms with Crippen LogP contribution in [0.5, 0.6) is 0 Å². The largest absolute Gasteiger partial charge is 0.340 e. The number of hydrogen-bond donors (Lipinski definition) is 0. The zero-order chi connectivity index (χ0) is 17.4. The third kappa shape index (κ3) is 5.68. The number of benzene rings is 3. The molecule has 3 aromatic rings. The van der Waals surface area contributed by atoms with Crippen LogP contribution in [0.25, 0.3) is 0 Å². The second-order valence-electron chi connectivity index (χ2n) is 5.60. The van der Waals surface area contributed by atoms with Crippen LogP contribution in [-0.4, -0.2) is 0 Å². The molecule has 4 heteroatoms. The van der Waals surface area contributed by atoms with Crippen molar-refractivity contribution in [1.29, 1.82) is 0 Å². The van der Waals surface area contributed by atoms with Gasteiger partial charge in [0.1, 0.15) is 6.16 Å². The molecule has 25 heavy (non-hydrogen) atoms. The van der Waals surface area contributed by atoms with Crippen molar-refractivity contribution in [2.75, 3.05) is 0 Å². The third-order valence-corrected chi connectivity index (χ3v) is 5.21. The van der Waals surface area contributed by atoms with Crippen LogP contribution >= 0.6 is 7.60 Å². The van der Waals surface area contributed by atoms with Gasteiger partial charge in [0, 0.05) is 0 Å². The Balaban J connectivity index is 1.71. The van der Waals surface area contributed by atoms with Crippen molar-refractivity contribution in [2.45, 2.75) is 13.2 Å². The summed E-state index contributed by atoms with van der Waals surface area (Å²) < 4.78 is 24.7. The minimum Gasteiger partial charge on any atom is -0.303 e. The van der Waals surface area contributed by atoms with E-state index in [9.17, 15) is 4.57 Å². The zero-order valence-corrected chi connectivity index (χ0v) is 14.7. The maximum Gasteiger partial charge on any atom is 0.340 e. The molecule has 0 bridgehead atoms. The van der Waals surface area contributed by atoms with E-state index in [4.69, 9.17) is 9.05 Å². The Morgan fingerprint density at radius 3 is 1.48 bits per heavy atom. The van der Waals surface area contributed by atoms with Crippen molar-refractivity contribution >= 4 is 7.60 Å². The van der Waals surface area contributed by atoms with Gasteiger partial charge in [-0.15, -0.1) is 0 Å². The molecule has 0 aliphatic rings. The summed E-state index contributed by atoms with van der Waals surface area (Å²) in [6.45, 7) is 0.465. The first-order valence-corrected chi connectivity index (χ1v) is 9.72. The van der Waals surface area contributed by atoms with Gasteiger partial charge in [-0.25, -0.2) is 0 Å². The predicted octanol–water partition coefficient (Wildman–Crippen LogP) is 5.82. The van der Waals surface area contributed by atoms with Gasteiger partial charge in [-0.1, -0.05) is 91.0 Å². The van der Waals surface area contributed by atoms with Crippen molar-refractivity contribution < 1.29 is 13.6 Å². The van der Waals surface area contributed by atoms with Gasteiger partial charge in [0.15, 0.2) is 0 Å². The molecule has 0 spiro atoms. The lowest BCUT2D eigenvalue weighted by Crippen LogP contribution is -1.99. The van der Waals surface area contributed by atoms with E-state index in [1.807, 2.05) is 91.0 Å². The Morgan fingerprint density at radius 2 is 1.04 bits per heavy atom. The first kappa shape index (κ1) is 17.6. The molecular formula is C21H20O3P. The zero-order valence-electron chi connectivity index (χ0n) is 13.8. The van der Waals surface area contributed by atoms with Crippen LogP contribution in [0, 0.1) is 6.16 Å². The van der Waals surface area contributed by atoms with Crippen LogP contribution in [0.2, 0.25) is 0 Å². The van der Waals surface area contributed by atoms with Gasteiger partial charge in [-0.05, 0) is 16.7 Å². The molecule has 0 atom stereocenters. The van der Waals surface area contributed by atoms with Crippen LogP contribution in [-0.2, 0) is 26.8 Å². The minimum absolute atomic E-state index is 0.232. The standard InChI is InChI=1S/C21H20O3P/c22-25(18-21-14-8-3-9-15-21,23-16-19-10-4-1-5-11-19)24-17-20-12-6-2-7-13-20/h1-15,18H,16-17H2. The molecule has 0 amide bonds. The molecule has 0 saturated heterocycles. The van der Waals surface area contributed by atoms with Crippen molar-refractivity contribution in [2.24, 2.45) is 0 Å². The Labute approximate surface area is 148 Å². The monoisotopic (exact) mass is 351 g/mol. The normalized spacial score (nSPS) is 11.4. The second kappa shape index (κ2) is 8.77. The lowest BCUT2D eigenvalue weighted by Gasteiger charge is -2.18. The highest BCUT2D eigenvalue weighted by molar-refractivity contribution is 7.56. The molecule has 0 heterocycles. The van der Waals surface area contributed by atoms with Crippen LogP contribution in [0.4, 0.5) is 0 Å². The number of hydrogen-bond acceptors (Lipinski definition) is 3. The molecule has 0 unspecified atom stereocenters. The van der Waals surface area contributed by atoms with Crippen LogP contribution < -0.4 is 0 Å². The number of rotatable bonds is 8. The quantitative estimate of drug-likeness (QED) is 0.480. The van der Waals surface area contributed by atoms with E-state index >= 15 is 0 Å². The van der Waals surface area contributed by atoms with Crippen LogP contribution in [0.3, 0.4) is 0 Å². The molecule has 3 rings (SSSR count). The topological polar surface area (TPSA) is 35.5 Å². The van der Waals surface area contributed by atoms with Gasteiger partial charge in [0.25, 0.3) is 0 Å². The molecule has 0 aliphatic heterocycles. The molecule has 0 aliphatic carbocycles. The van der Waals surface area contributed by atoms with Crippen LogP contribution in [0.15, 0.2) is 91.0 Å². The molecule has 0 saturated carbocycles. The summed E-state index contributed by atoms with van der Waals surface area (Å²) in [5.41, 5.74) is 2.71. The molecule has 127 valence electrons. The molecule has 0 N–H and O–H groups in total. The van der Waals surface area contributed by atoms with E-state index < -0.39 is 7.60 Å². The lowest BCUT2D eigenvalue weighted by atomic mass is 10.2. The summed E-state index contributed by atoms with van der Waals surface area (Å²) in [5, 5.41) is 0. The highest BCUT2D eigenvalue weighted by atomic mass is 31.2. The van der Waals surface area contributed by atoms with Gasteiger partial charge < -0.3 is 9.05 Å². The summed E-state index contributed by atoms with van der Waals surface area (Å²) in [6.07, 6.45) is 1.58. The van der Waals surface area contributed by atoms with Gasteiger partial charge in [0.2, 0.25) is 0 Å². The SMILES string of the molecule is O=P([CH]c1ccccc1)(OCc1ccccc1)OCc1ccccc1. The van der Waals surface area contributed by atoms with Gasteiger partial charge >= 0.3 is 7.60 Å². The molecule has 3 nitrogen and oxygen atoms in total. The van der Waals surface area contributed by atoms with Gasteiger partial charge in [0.05, 0.1) is 13.2 Å². The summed E-state index contributed by atoms with van der Waals surface area (Å²) in [6, 6.07) is 28.8. The average molecular weight is 351 g/mol. The Kier molecular flexibility index (Phi) is 6.19. The maximum absolute atomic E-state index is 13.2. The smallest absolute Gasteiger partial charge is 0.303 e. The molecule has 0 aromatic heterocycles. The second-order valence-corrected chi connectivity index (χ2v) is 7.45. The van der Waals surface area contributed by atoms with Crippen molar-refractivity contribution in [3.05, 3.63) is 114 Å². The van der Waals surface area contributed by atoms with Crippen molar-refractivity contribution in [3.63, 3.8) is 0 Å². The lowest BCUT2D eigenvalue weighted by molar-refractivity contribution is 0.197. The molecule has 0 fully saturated rings. The summed E-state index contributed by atoms with van der Waals surface area (Å²) >= 11 is 0. The van der Waals surface area contributed by atoms with Gasteiger partial charge in [-0.2, -0.15) is 0 Å². The molecule has 1 radical (unpaired) electrons. The van der Waals surface area contributed by atoms with E-state index in [1.165, 1.54) is 0 Å². The first-order valence-electron chi connectivity index (χ1n) is 8.11. The summed E-state index contributed by atoms with van der Waals surface area (Å²) in [7, 11) is -3.40. The van der Waals surface area contributed by atoms with E-state index in [2.05, 4.69) is 0 Å². The average Bonchev–Trinajstić information content (AvgIpc) is 2.68. The maximum atomic E-state index is 13.2. The highest BCUT2D eigenvalue weighted by Gasteiger charge is 2.26. The van der Waals surface area contributed by atoms with Crippen molar-refractivity contribution in [3.8, 4) is 0 Å². The molecule has 3 aromatic carbocycles. The Hall–Kier alpha value is -2.19. The van der Waals surface area contributed by atoms with Gasteiger partial charge in [-0.3, -0.25) is 4.57 Å². The first-order chi connectivity index (χ1) is 12.2.